The first-order valence-electron chi connectivity index (χ1n) is 4.91. The van der Waals surface area contributed by atoms with Crippen molar-refractivity contribution in [1.29, 1.82) is 0 Å². The third-order valence-electron chi connectivity index (χ3n) is 2.29. The zero-order valence-electron chi connectivity index (χ0n) is 9.54. The van der Waals surface area contributed by atoms with Crippen LogP contribution in [-0.4, -0.2) is 20.4 Å². The van der Waals surface area contributed by atoms with Crippen LogP contribution >= 0.6 is 0 Å². The van der Waals surface area contributed by atoms with E-state index in [0.29, 0.717) is 17.1 Å². The Morgan fingerprint density at radius 1 is 1.24 bits per heavy atom. The second-order valence-electron chi connectivity index (χ2n) is 3.53. The Kier molecular flexibility index (Phi) is 4.22. The highest BCUT2D eigenvalue weighted by atomic mass is 19.4. The van der Waals surface area contributed by atoms with Gasteiger partial charge in [-0.05, 0) is 6.07 Å². The molecule has 0 aliphatic rings. The summed E-state index contributed by atoms with van der Waals surface area (Å²) in [6.07, 6.45) is -5.39. The van der Waals surface area contributed by atoms with E-state index in [1.54, 1.807) is 6.07 Å². The molecule has 1 aromatic rings. The molecule has 0 saturated carbocycles. The predicted octanol–water partition coefficient (Wildman–Crippen LogP) is 2.66. The van der Waals surface area contributed by atoms with Gasteiger partial charge < -0.3 is 15.2 Å². The van der Waals surface area contributed by atoms with Gasteiger partial charge in [0.25, 0.3) is 0 Å². The smallest absolute Gasteiger partial charge is 0.390 e. The van der Waals surface area contributed by atoms with E-state index in [1.165, 1.54) is 26.4 Å². The molecule has 0 aromatic heterocycles. The van der Waals surface area contributed by atoms with E-state index in [4.69, 9.17) is 15.2 Å². The van der Waals surface area contributed by atoms with Crippen LogP contribution in [-0.2, 0) is 0 Å². The summed E-state index contributed by atoms with van der Waals surface area (Å²) in [7, 11) is 2.84. The molecule has 0 heterocycles. The van der Waals surface area contributed by atoms with E-state index < -0.39 is 18.6 Å². The molecule has 0 amide bonds. The van der Waals surface area contributed by atoms with Crippen LogP contribution in [0.25, 0.3) is 0 Å². The Bertz CT molecular complexity index is 379. The molecule has 96 valence electrons. The molecule has 2 N–H and O–H groups in total. The maximum atomic E-state index is 12.2. The van der Waals surface area contributed by atoms with Gasteiger partial charge in [-0.3, -0.25) is 0 Å². The van der Waals surface area contributed by atoms with Crippen LogP contribution in [0.1, 0.15) is 18.0 Å². The molecular weight excluding hydrogens is 235 g/mol. The van der Waals surface area contributed by atoms with E-state index in [9.17, 15) is 13.2 Å². The topological polar surface area (TPSA) is 44.5 Å². The summed E-state index contributed by atoms with van der Waals surface area (Å²) in [6, 6.07) is 3.39. The zero-order chi connectivity index (χ0) is 13.1. The number of hydrogen-bond acceptors (Lipinski definition) is 3. The van der Waals surface area contributed by atoms with Crippen molar-refractivity contribution in [1.82, 2.24) is 0 Å². The lowest BCUT2D eigenvalue weighted by Gasteiger charge is -2.17. The van der Waals surface area contributed by atoms with Gasteiger partial charge in [0.2, 0.25) is 0 Å². The molecule has 1 atom stereocenters. The summed E-state index contributed by atoms with van der Waals surface area (Å²) >= 11 is 0. The van der Waals surface area contributed by atoms with Crippen molar-refractivity contribution >= 4 is 0 Å². The summed E-state index contributed by atoms with van der Waals surface area (Å²) in [5, 5.41) is 0. The van der Waals surface area contributed by atoms with Crippen molar-refractivity contribution in [2.24, 2.45) is 5.73 Å². The molecule has 6 heteroatoms. The number of methoxy groups -OCH3 is 2. The van der Waals surface area contributed by atoms with Gasteiger partial charge in [-0.25, -0.2) is 0 Å². The third-order valence-corrected chi connectivity index (χ3v) is 2.29. The van der Waals surface area contributed by atoms with Gasteiger partial charge >= 0.3 is 6.18 Å². The molecule has 1 rings (SSSR count). The van der Waals surface area contributed by atoms with E-state index in [1.807, 2.05) is 0 Å². The largest absolute Gasteiger partial charge is 0.497 e. The van der Waals surface area contributed by atoms with Crippen molar-refractivity contribution in [3.63, 3.8) is 0 Å². The van der Waals surface area contributed by atoms with Crippen LogP contribution in [0.3, 0.4) is 0 Å². The first-order valence-corrected chi connectivity index (χ1v) is 4.91. The molecule has 0 aliphatic heterocycles. The van der Waals surface area contributed by atoms with E-state index in [2.05, 4.69) is 0 Å². The number of rotatable bonds is 4. The summed E-state index contributed by atoms with van der Waals surface area (Å²) in [5.41, 5.74) is 5.82. The van der Waals surface area contributed by atoms with Gasteiger partial charge in [-0.15, -0.1) is 0 Å². The SMILES string of the molecule is COc1ccc(C(N)CC(F)(F)F)c(OC)c1. The molecular formula is C11H14F3NO2. The minimum absolute atomic E-state index is 0.293. The van der Waals surface area contributed by atoms with Crippen molar-refractivity contribution in [3.8, 4) is 11.5 Å². The Morgan fingerprint density at radius 3 is 2.35 bits per heavy atom. The zero-order valence-corrected chi connectivity index (χ0v) is 9.54. The highest BCUT2D eigenvalue weighted by molar-refractivity contribution is 5.42. The molecule has 1 unspecified atom stereocenters. The van der Waals surface area contributed by atoms with Crippen molar-refractivity contribution < 1.29 is 22.6 Å². The first kappa shape index (κ1) is 13.6. The maximum Gasteiger partial charge on any atom is 0.390 e. The monoisotopic (exact) mass is 249 g/mol. The van der Waals surface area contributed by atoms with Crippen molar-refractivity contribution in [3.05, 3.63) is 23.8 Å². The number of nitrogens with two attached hydrogens (primary N) is 1. The van der Waals surface area contributed by atoms with Crippen LogP contribution in [0, 0.1) is 0 Å². The average Bonchev–Trinajstić information content (AvgIpc) is 2.25. The lowest BCUT2D eigenvalue weighted by molar-refractivity contribution is -0.138. The predicted molar refractivity (Wildman–Crippen MR) is 57.1 cm³/mol. The lowest BCUT2D eigenvalue weighted by Crippen LogP contribution is -2.20. The molecule has 0 spiro atoms. The second-order valence-corrected chi connectivity index (χ2v) is 3.53. The van der Waals surface area contributed by atoms with Gasteiger partial charge in [-0.2, -0.15) is 13.2 Å². The number of alkyl halides is 3. The number of benzene rings is 1. The molecule has 0 saturated heterocycles. The minimum Gasteiger partial charge on any atom is -0.497 e. The summed E-state index contributed by atoms with van der Waals surface area (Å²) in [6.45, 7) is 0. The number of halogens is 3. The molecule has 3 nitrogen and oxygen atoms in total. The van der Waals surface area contributed by atoms with Crippen LogP contribution < -0.4 is 15.2 Å². The molecule has 0 bridgehead atoms. The third kappa shape index (κ3) is 3.81. The van der Waals surface area contributed by atoms with Crippen LogP contribution in [0.5, 0.6) is 11.5 Å². The summed E-state index contributed by atoms with van der Waals surface area (Å²) in [5.74, 6) is 0.797. The van der Waals surface area contributed by atoms with Gasteiger partial charge in [0.05, 0.1) is 20.6 Å². The lowest BCUT2D eigenvalue weighted by atomic mass is 10.0. The highest BCUT2D eigenvalue weighted by Crippen LogP contribution is 2.34. The van der Waals surface area contributed by atoms with Crippen molar-refractivity contribution in [2.75, 3.05) is 14.2 Å². The fourth-order valence-corrected chi connectivity index (χ4v) is 1.48. The summed E-state index contributed by atoms with van der Waals surface area (Å²) in [4.78, 5) is 0. The molecule has 0 aliphatic carbocycles. The Balaban J connectivity index is 2.96. The van der Waals surface area contributed by atoms with Gasteiger partial charge in [-0.1, -0.05) is 6.07 Å². The van der Waals surface area contributed by atoms with Gasteiger partial charge in [0.1, 0.15) is 11.5 Å². The van der Waals surface area contributed by atoms with E-state index >= 15 is 0 Å². The molecule has 17 heavy (non-hydrogen) atoms. The number of hydrogen-bond donors (Lipinski definition) is 1. The Labute approximate surface area is 97.3 Å². The Morgan fingerprint density at radius 2 is 1.88 bits per heavy atom. The first-order chi connectivity index (χ1) is 7.87. The van der Waals surface area contributed by atoms with Crippen LogP contribution in [0.4, 0.5) is 13.2 Å². The van der Waals surface area contributed by atoms with Crippen LogP contribution in [0.2, 0.25) is 0 Å². The van der Waals surface area contributed by atoms with E-state index in [0.717, 1.165) is 0 Å². The van der Waals surface area contributed by atoms with Gasteiger partial charge in [0.15, 0.2) is 0 Å². The molecule has 0 radical (unpaired) electrons. The average molecular weight is 249 g/mol. The normalized spacial score (nSPS) is 13.3. The minimum atomic E-state index is -4.30. The Hall–Kier alpha value is -1.43. The second kappa shape index (κ2) is 5.27. The fourth-order valence-electron chi connectivity index (χ4n) is 1.48. The molecule has 1 aromatic carbocycles. The summed E-state index contributed by atoms with van der Waals surface area (Å²) < 4.78 is 46.6. The van der Waals surface area contributed by atoms with Gasteiger partial charge in [0, 0.05) is 17.7 Å². The van der Waals surface area contributed by atoms with Crippen LogP contribution in [0.15, 0.2) is 18.2 Å². The highest BCUT2D eigenvalue weighted by Gasteiger charge is 2.32. The quantitative estimate of drug-likeness (QED) is 0.892. The number of ether oxygens (including phenoxy) is 2. The fraction of sp³-hybridized carbons (Fsp3) is 0.455. The van der Waals surface area contributed by atoms with E-state index in [-0.39, 0.29) is 0 Å². The van der Waals surface area contributed by atoms with Crippen molar-refractivity contribution in [2.45, 2.75) is 18.6 Å². The maximum absolute atomic E-state index is 12.2. The molecule has 0 fully saturated rings. The standard InChI is InChI=1S/C11H14F3NO2/c1-16-7-3-4-8(10(5-7)17-2)9(15)6-11(12,13)14/h3-5,9H,6,15H2,1-2H3.